The van der Waals surface area contributed by atoms with Crippen LogP contribution in [0.2, 0.25) is 0 Å². The van der Waals surface area contributed by atoms with Crippen molar-refractivity contribution >= 4 is 44.9 Å². The first-order chi connectivity index (χ1) is 12.1. The van der Waals surface area contributed by atoms with Gasteiger partial charge in [0, 0.05) is 0 Å². The minimum absolute atomic E-state index is 0.00587. The molecule has 1 aliphatic heterocycles. The van der Waals surface area contributed by atoms with Gasteiger partial charge < -0.3 is 19.9 Å². The molecule has 0 radical (unpaired) electrons. The van der Waals surface area contributed by atoms with Crippen molar-refractivity contribution < 1.29 is 10.0 Å². The van der Waals surface area contributed by atoms with Crippen LogP contribution in [0.15, 0.2) is 30.0 Å². The topological polar surface area (TPSA) is 80.4 Å². The minimum atomic E-state index is -0.00587. The number of rotatable bonds is 3. The number of aromatic nitrogens is 2. The number of imidazole rings is 1. The first-order valence-electron chi connectivity index (χ1n) is 8.09. The molecule has 1 fully saturated rings. The number of benzene rings is 1. The molecule has 25 heavy (non-hydrogen) atoms. The Kier molecular flexibility index (Phi) is 5.58. The molecule has 0 unspecified atom stereocenters. The van der Waals surface area contributed by atoms with Crippen molar-refractivity contribution in [1.29, 1.82) is 5.26 Å². The molecule has 0 amide bonds. The molecule has 3 rings (SSSR count). The lowest BCUT2D eigenvalue weighted by atomic mass is 10.2. The number of nitrogens with one attached hydrogen (secondary N) is 2. The van der Waals surface area contributed by atoms with E-state index in [1.165, 1.54) is 16.7 Å². The number of nitrogens with zero attached hydrogens (tertiary/aromatic N) is 3. The Morgan fingerprint density at radius 2 is 2.16 bits per heavy atom. The number of nitriles is 1. The van der Waals surface area contributed by atoms with Gasteiger partial charge in [0.15, 0.2) is 5.82 Å². The van der Waals surface area contributed by atoms with E-state index in [1.807, 2.05) is 24.3 Å². The molecule has 1 aromatic heterocycles. The van der Waals surface area contributed by atoms with Crippen molar-refractivity contribution in [3.63, 3.8) is 0 Å². The molecule has 8 heteroatoms. The molecule has 0 saturated carbocycles. The second kappa shape index (κ2) is 7.87. The third-order valence-electron chi connectivity index (χ3n) is 4.23. The number of fused-ring (bicyclic) bond motifs is 1. The molecule has 6 nitrogen and oxygen atoms in total. The summed E-state index contributed by atoms with van der Waals surface area (Å²) in [5.41, 5.74) is 1.76. The number of thioether (sulfide) groups is 1. The predicted octanol–water partition coefficient (Wildman–Crippen LogP) is 1.20. The fourth-order valence-electron chi connectivity index (χ4n) is 2.69. The molecule has 130 valence electrons. The standard InChI is InChI=1S/C17H19N5OS2/c1-21-6-8-22(9-7-21)17(24)25-11-15(23)12(10-18)16-19-13-4-2-3-5-14(13)20-16/h2-5,23H,6-9,11H2,1H3,(H,19,20)/p+1/b15-12-. The quantitative estimate of drug-likeness (QED) is 0.426. The monoisotopic (exact) mass is 374 g/mol. The molecule has 1 aliphatic rings. The number of aromatic amines is 1. The number of hydrogen-bond donors (Lipinski definition) is 3. The second-order valence-corrected chi connectivity index (χ2v) is 7.64. The van der Waals surface area contributed by atoms with Crippen LogP contribution in [-0.2, 0) is 0 Å². The largest absolute Gasteiger partial charge is 0.510 e. The third-order valence-corrected chi connectivity index (χ3v) is 5.77. The molecule has 0 spiro atoms. The van der Waals surface area contributed by atoms with Crippen molar-refractivity contribution in [2.45, 2.75) is 0 Å². The fraction of sp³-hybridized carbons (Fsp3) is 0.353. The Morgan fingerprint density at radius 3 is 2.84 bits per heavy atom. The van der Waals surface area contributed by atoms with E-state index in [2.05, 4.69) is 28.0 Å². The molecule has 2 aromatic rings. The van der Waals surface area contributed by atoms with Crippen LogP contribution in [0.3, 0.4) is 0 Å². The molecular weight excluding hydrogens is 354 g/mol. The van der Waals surface area contributed by atoms with Gasteiger partial charge in [-0.25, -0.2) is 4.98 Å². The SMILES string of the molecule is C[NH+]1CCN(C(=S)SC/C(O)=C(\C#N)c2nc3ccccc3[nH]2)CC1. The lowest BCUT2D eigenvalue weighted by Crippen LogP contribution is -3.12. The van der Waals surface area contributed by atoms with Crippen LogP contribution < -0.4 is 4.90 Å². The summed E-state index contributed by atoms with van der Waals surface area (Å²) in [6.45, 7) is 3.98. The van der Waals surface area contributed by atoms with Crippen molar-refractivity contribution in [3.05, 3.63) is 35.8 Å². The Labute approximate surface area is 156 Å². The number of hydrogen-bond acceptors (Lipinski definition) is 5. The van der Waals surface area contributed by atoms with Gasteiger partial charge >= 0.3 is 0 Å². The van der Waals surface area contributed by atoms with Gasteiger partial charge in [-0.1, -0.05) is 36.1 Å². The smallest absolute Gasteiger partial charge is 0.152 e. The highest BCUT2D eigenvalue weighted by molar-refractivity contribution is 8.23. The molecule has 0 atom stereocenters. The van der Waals surface area contributed by atoms with E-state index >= 15 is 0 Å². The molecule has 3 N–H and O–H groups in total. The van der Waals surface area contributed by atoms with Crippen LogP contribution in [-0.4, -0.2) is 63.3 Å². The average molecular weight is 375 g/mol. The molecule has 2 heterocycles. The lowest BCUT2D eigenvalue weighted by molar-refractivity contribution is -0.883. The second-order valence-electron chi connectivity index (χ2n) is 6.03. The van der Waals surface area contributed by atoms with Crippen molar-refractivity contribution in [2.24, 2.45) is 0 Å². The van der Waals surface area contributed by atoms with Crippen LogP contribution in [0.4, 0.5) is 0 Å². The number of piperazine rings is 1. The zero-order valence-corrected chi connectivity index (χ0v) is 15.6. The Balaban J connectivity index is 1.69. The van der Waals surface area contributed by atoms with Gasteiger partial charge in [0.1, 0.15) is 21.7 Å². The van der Waals surface area contributed by atoms with Crippen molar-refractivity contribution in [2.75, 3.05) is 39.0 Å². The summed E-state index contributed by atoms with van der Waals surface area (Å²) < 4.78 is 0.765. The highest BCUT2D eigenvalue weighted by Crippen LogP contribution is 2.21. The summed E-state index contributed by atoms with van der Waals surface area (Å²) >= 11 is 6.85. The highest BCUT2D eigenvalue weighted by atomic mass is 32.2. The van der Waals surface area contributed by atoms with E-state index in [1.54, 1.807) is 0 Å². The maximum absolute atomic E-state index is 10.4. The first kappa shape index (κ1) is 17.7. The molecular formula is C17H20N5OS2+. The number of allylic oxidation sites excluding steroid dienone is 1. The van der Waals surface area contributed by atoms with Crippen molar-refractivity contribution in [1.82, 2.24) is 14.9 Å². The zero-order valence-electron chi connectivity index (χ0n) is 14.0. The van der Waals surface area contributed by atoms with E-state index in [9.17, 15) is 10.4 Å². The summed E-state index contributed by atoms with van der Waals surface area (Å²) in [5, 5.41) is 19.8. The number of aliphatic hydroxyl groups excluding tert-OH is 1. The normalized spacial score (nSPS) is 16.6. The van der Waals surface area contributed by atoms with Crippen LogP contribution in [0.25, 0.3) is 16.6 Å². The number of aliphatic hydroxyl groups is 1. The third kappa shape index (κ3) is 4.12. The van der Waals surface area contributed by atoms with Gasteiger partial charge in [0.2, 0.25) is 0 Å². The Bertz CT molecular complexity index is 813. The van der Waals surface area contributed by atoms with Crippen LogP contribution in [0.5, 0.6) is 0 Å². The summed E-state index contributed by atoms with van der Waals surface area (Å²) in [7, 11) is 2.18. The maximum Gasteiger partial charge on any atom is 0.152 e. The minimum Gasteiger partial charge on any atom is -0.510 e. The van der Waals surface area contributed by atoms with Crippen LogP contribution in [0.1, 0.15) is 5.82 Å². The van der Waals surface area contributed by atoms with E-state index in [0.717, 1.165) is 41.5 Å². The number of H-pyrrole nitrogens is 1. The van der Waals surface area contributed by atoms with E-state index in [0.29, 0.717) is 5.82 Å². The van der Waals surface area contributed by atoms with Crippen LogP contribution >= 0.6 is 24.0 Å². The first-order valence-corrected chi connectivity index (χ1v) is 9.48. The van der Waals surface area contributed by atoms with E-state index in [-0.39, 0.29) is 17.1 Å². The average Bonchev–Trinajstić information content (AvgIpc) is 3.04. The molecule has 1 aromatic carbocycles. The summed E-state index contributed by atoms with van der Waals surface area (Å²) in [5.74, 6) is 0.641. The zero-order chi connectivity index (χ0) is 17.8. The number of quaternary nitrogens is 1. The molecule has 0 aliphatic carbocycles. The Morgan fingerprint density at radius 1 is 1.44 bits per heavy atom. The van der Waals surface area contributed by atoms with Gasteiger partial charge in [-0.05, 0) is 12.1 Å². The van der Waals surface area contributed by atoms with Crippen LogP contribution in [0, 0.1) is 11.3 Å². The fourth-order valence-corrected chi connectivity index (χ4v) is 3.82. The van der Waals surface area contributed by atoms with Crippen molar-refractivity contribution in [3.8, 4) is 6.07 Å². The summed E-state index contributed by atoms with van der Waals surface area (Å²) in [6, 6.07) is 9.58. The summed E-state index contributed by atoms with van der Waals surface area (Å²) in [4.78, 5) is 11.1. The predicted molar refractivity (Wildman–Crippen MR) is 105 cm³/mol. The van der Waals surface area contributed by atoms with E-state index in [4.69, 9.17) is 12.2 Å². The number of thiocarbonyl (C=S) groups is 1. The van der Waals surface area contributed by atoms with Gasteiger partial charge in [0.25, 0.3) is 0 Å². The highest BCUT2D eigenvalue weighted by Gasteiger charge is 2.20. The lowest BCUT2D eigenvalue weighted by Gasteiger charge is -2.31. The van der Waals surface area contributed by atoms with Gasteiger partial charge in [0.05, 0.1) is 50.0 Å². The number of likely N-dealkylation sites (N-methyl/N-ethyl adjacent to an activating group) is 1. The maximum atomic E-state index is 10.4. The van der Waals surface area contributed by atoms with Gasteiger partial charge in [-0.3, -0.25) is 0 Å². The number of para-hydroxylation sites is 2. The van der Waals surface area contributed by atoms with Gasteiger partial charge in [-0.2, -0.15) is 5.26 Å². The van der Waals surface area contributed by atoms with E-state index < -0.39 is 0 Å². The molecule has 0 bridgehead atoms. The molecule has 1 saturated heterocycles. The Hall–Kier alpha value is -2.08. The van der Waals surface area contributed by atoms with Gasteiger partial charge in [-0.15, -0.1) is 0 Å². The summed E-state index contributed by atoms with van der Waals surface area (Å²) in [6.07, 6.45) is 0.